The number of hydrogen-bond acceptors (Lipinski definition) is 3. The number of carbonyl (C=O) groups is 1. The number of aromatic nitrogens is 1. The lowest BCUT2D eigenvalue weighted by Gasteiger charge is -2.19. The van der Waals surface area contributed by atoms with Crippen molar-refractivity contribution >= 4 is 23.2 Å². The van der Waals surface area contributed by atoms with E-state index in [1.807, 2.05) is 56.3 Å². The fourth-order valence-corrected chi connectivity index (χ4v) is 3.84. The van der Waals surface area contributed by atoms with E-state index in [9.17, 15) is 4.79 Å². The number of pyridine rings is 1. The fourth-order valence-electron chi connectivity index (χ4n) is 3.62. The first kappa shape index (κ1) is 22.8. The van der Waals surface area contributed by atoms with Gasteiger partial charge < -0.3 is 10.1 Å². The molecule has 0 bridgehead atoms. The van der Waals surface area contributed by atoms with Crippen molar-refractivity contribution in [1.29, 1.82) is 0 Å². The van der Waals surface area contributed by atoms with E-state index in [4.69, 9.17) is 21.3 Å². The molecular weight excluding hydrogens is 408 g/mol. The van der Waals surface area contributed by atoms with Crippen LogP contribution in [-0.4, -0.2) is 17.5 Å². The Hall–Kier alpha value is -2.85. The van der Waals surface area contributed by atoms with Crippen LogP contribution in [0.3, 0.4) is 0 Å². The van der Waals surface area contributed by atoms with Gasteiger partial charge in [0.05, 0.1) is 12.3 Å². The van der Waals surface area contributed by atoms with Gasteiger partial charge in [-0.1, -0.05) is 68.8 Å². The SMILES string of the molecule is CCCOc1cc(C)nc(-c2ccccc2Cl)c1C(=O)Nc1c(CC)cccc1CC. The lowest BCUT2D eigenvalue weighted by Crippen LogP contribution is -2.18. The lowest BCUT2D eigenvalue weighted by atomic mass is 10.0. The van der Waals surface area contributed by atoms with E-state index in [2.05, 4.69) is 19.2 Å². The Balaban J connectivity index is 2.17. The maximum atomic E-state index is 13.7. The molecule has 0 radical (unpaired) electrons. The van der Waals surface area contributed by atoms with Crippen molar-refractivity contribution in [2.45, 2.75) is 47.0 Å². The van der Waals surface area contributed by atoms with Gasteiger partial charge in [0.2, 0.25) is 0 Å². The number of aryl methyl sites for hydroxylation is 3. The van der Waals surface area contributed by atoms with Crippen molar-refractivity contribution in [3.05, 3.63) is 75.9 Å². The number of amides is 1. The van der Waals surface area contributed by atoms with Crippen molar-refractivity contribution in [1.82, 2.24) is 4.98 Å². The Labute approximate surface area is 189 Å². The highest BCUT2D eigenvalue weighted by Crippen LogP contribution is 2.35. The molecule has 0 saturated heterocycles. The van der Waals surface area contributed by atoms with Gasteiger partial charge in [0.25, 0.3) is 5.91 Å². The van der Waals surface area contributed by atoms with E-state index < -0.39 is 0 Å². The maximum Gasteiger partial charge on any atom is 0.261 e. The highest BCUT2D eigenvalue weighted by atomic mass is 35.5. The zero-order chi connectivity index (χ0) is 22.4. The lowest BCUT2D eigenvalue weighted by molar-refractivity contribution is 0.102. The first-order valence-electron chi connectivity index (χ1n) is 10.8. The Bertz CT molecular complexity index is 1060. The molecule has 1 aromatic heterocycles. The van der Waals surface area contributed by atoms with Gasteiger partial charge in [0, 0.05) is 28.0 Å². The van der Waals surface area contributed by atoms with Gasteiger partial charge in [-0.25, -0.2) is 0 Å². The van der Waals surface area contributed by atoms with Gasteiger partial charge in [-0.2, -0.15) is 0 Å². The smallest absolute Gasteiger partial charge is 0.261 e. The number of rotatable bonds is 8. The highest BCUT2D eigenvalue weighted by Gasteiger charge is 2.24. The minimum absolute atomic E-state index is 0.246. The van der Waals surface area contributed by atoms with Gasteiger partial charge in [0.1, 0.15) is 11.3 Å². The van der Waals surface area contributed by atoms with Crippen LogP contribution in [0.5, 0.6) is 5.75 Å². The number of nitrogens with one attached hydrogen (secondary N) is 1. The van der Waals surface area contributed by atoms with E-state index in [0.29, 0.717) is 34.2 Å². The molecule has 0 unspecified atom stereocenters. The van der Waals surface area contributed by atoms with Crippen molar-refractivity contribution in [2.75, 3.05) is 11.9 Å². The van der Waals surface area contributed by atoms with Crippen LogP contribution in [0.25, 0.3) is 11.3 Å². The minimum atomic E-state index is -0.246. The van der Waals surface area contributed by atoms with Crippen molar-refractivity contribution in [3.8, 4) is 17.0 Å². The molecule has 2 aromatic carbocycles. The molecular formula is C26H29ClN2O2. The second kappa shape index (κ2) is 10.5. The molecule has 1 amide bonds. The molecule has 5 heteroatoms. The third-order valence-electron chi connectivity index (χ3n) is 5.17. The largest absolute Gasteiger partial charge is 0.493 e. The quantitative estimate of drug-likeness (QED) is 0.418. The summed E-state index contributed by atoms with van der Waals surface area (Å²) in [6.07, 6.45) is 2.49. The highest BCUT2D eigenvalue weighted by molar-refractivity contribution is 6.33. The van der Waals surface area contributed by atoms with Crippen LogP contribution in [0.2, 0.25) is 5.02 Å². The van der Waals surface area contributed by atoms with E-state index in [0.717, 1.165) is 41.8 Å². The molecule has 0 saturated carbocycles. The molecule has 0 fully saturated rings. The number of ether oxygens (including phenoxy) is 1. The van der Waals surface area contributed by atoms with Gasteiger partial charge in [-0.15, -0.1) is 0 Å². The van der Waals surface area contributed by atoms with Crippen LogP contribution in [-0.2, 0) is 12.8 Å². The van der Waals surface area contributed by atoms with E-state index >= 15 is 0 Å². The Morgan fingerprint density at radius 2 is 1.71 bits per heavy atom. The van der Waals surface area contributed by atoms with Crippen molar-refractivity contribution in [3.63, 3.8) is 0 Å². The molecule has 3 aromatic rings. The summed E-state index contributed by atoms with van der Waals surface area (Å²) in [6.45, 7) is 8.61. The van der Waals surface area contributed by atoms with Gasteiger partial charge >= 0.3 is 0 Å². The molecule has 1 N–H and O–H groups in total. The zero-order valence-electron chi connectivity index (χ0n) is 18.6. The summed E-state index contributed by atoms with van der Waals surface area (Å²) in [5, 5.41) is 3.70. The number of anilines is 1. The van der Waals surface area contributed by atoms with Crippen LogP contribution >= 0.6 is 11.6 Å². The fraction of sp³-hybridized carbons (Fsp3) is 0.308. The molecule has 31 heavy (non-hydrogen) atoms. The van der Waals surface area contributed by atoms with Crippen molar-refractivity contribution in [2.24, 2.45) is 0 Å². The number of para-hydroxylation sites is 1. The van der Waals surface area contributed by atoms with Crippen LogP contribution in [0.15, 0.2) is 48.5 Å². The molecule has 0 aliphatic rings. The molecule has 1 heterocycles. The summed E-state index contributed by atoms with van der Waals surface area (Å²) in [7, 11) is 0. The Kier molecular flexibility index (Phi) is 7.69. The summed E-state index contributed by atoms with van der Waals surface area (Å²) in [5.41, 5.74) is 5.47. The summed E-state index contributed by atoms with van der Waals surface area (Å²) >= 11 is 6.49. The first-order valence-corrected chi connectivity index (χ1v) is 11.2. The van der Waals surface area contributed by atoms with Crippen LogP contribution < -0.4 is 10.1 Å². The summed E-state index contributed by atoms with van der Waals surface area (Å²) in [5.74, 6) is 0.276. The zero-order valence-corrected chi connectivity index (χ0v) is 19.3. The maximum absolute atomic E-state index is 13.7. The third-order valence-corrected chi connectivity index (χ3v) is 5.50. The average molecular weight is 437 g/mol. The normalized spacial score (nSPS) is 10.7. The number of halogens is 1. The summed E-state index contributed by atoms with van der Waals surface area (Å²) in [4.78, 5) is 18.4. The Morgan fingerprint density at radius 1 is 1.03 bits per heavy atom. The van der Waals surface area contributed by atoms with E-state index in [-0.39, 0.29) is 5.91 Å². The molecule has 0 spiro atoms. The number of carbonyl (C=O) groups excluding carboxylic acids is 1. The topological polar surface area (TPSA) is 51.2 Å². The van der Waals surface area contributed by atoms with Gasteiger partial charge in [0.15, 0.2) is 0 Å². The van der Waals surface area contributed by atoms with Crippen LogP contribution in [0.4, 0.5) is 5.69 Å². The predicted molar refractivity (Wildman–Crippen MR) is 128 cm³/mol. The predicted octanol–water partition coefficient (Wildman–Crippen LogP) is 6.88. The van der Waals surface area contributed by atoms with E-state index in [1.165, 1.54) is 0 Å². The molecule has 162 valence electrons. The monoisotopic (exact) mass is 436 g/mol. The average Bonchev–Trinajstić information content (AvgIpc) is 2.77. The summed E-state index contributed by atoms with van der Waals surface area (Å²) < 4.78 is 6.00. The molecule has 0 aliphatic carbocycles. The molecule has 0 atom stereocenters. The number of nitrogens with zero attached hydrogens (tertiary/aromatic N) is 1. The third kappa shape index (κ3) is 5.08. The molecule has 0 aliphatic heterocycles. The Morgan fingerprint density at radius 3 is 2.32 bits per heavy atom. The van der Waals surface area contributed by atoms with Crippen LogP contribution in [0, 0.1) is 6.92 Å². The summed E-state index contributed by atoms with van der Waals surface area (Å²) in [6, 6.07) is 15.4. The standard InChI is InChI=1S/C26H29ClN2O2/c1-5-15-31-22-16-17(4)28-25(20-13-8-9-14-21(20)27)23(22)26(30)29-24-18(6-2)11-10-12-19(24)7-3/h8-14,16H,5-7,15H2,1-4H3,(H,29,30). The van der Waals surface area contributed by atoms with Crippen molar-refractivity contribution < 1.29 is 9.53 Å². The first-order chi connectivity index (χ1) is 15.0. The number of hydrogen-bond donors (Lipinski definition) is 1. The van der Waals surface area contributed by atoms with E-state index in [1.54, 1.807) is 6.07 Å². The molecule has 3 rings (SSSR count). The second-order valence-electron chi connectivity index (χ2n) is 7.43. The minimum Gasteiger partial charge on any atom is -0.493 e. The second-order valence-corrected chi connectivity index (χ2v) is 7.83. The molecule has 4 nitrogen and oxygen atoms in total. The van der Waals surface area contributed by atoms with Gasteiger partial charge in [-0.05, 0) is 43.4 Å². The number of benzene rings is 2. The van der Waals surface area contributed by atoms with Crippen LogP contribution in [0.1, 0.15) is 54.4 Å². The van der Waals surface area contributed by atoms with Gasteiger partial charge in [-0.3, -0.25) is 9.78 Å².